The predicted molar refractivity (Wildman–Crippen MR) is 265 cm³/mol. The Balaban J connectivity index is 1.08. The first kappa shape index (κ1) is 35.6. The quantitative estimate of drug-likeness (QED) is 0.176. The SMILES string of the molecule is CC1(C)c2ccccc2-c2ccc(N(c3ccc4c(c3)C3(c5ccccc5-c5ccccc53)c3ccccc3-4)c3cc4oc5cc6ccccc6cc5c4cc3-c3ccccc3)cc21. The number of fused-ring (bicyclic) bond motifs is 17. The van der Waals surface area contributed by atoms with Crippen LogP contribution in [0, 0.1) is 0 Å². The molecule has 0 saturated carbocycles. The van der Waals surface area contributed by atoms with Crippen molar-refractivity contribution in [1.29, 1.82) is 0 Å². The Morgan fingerprint density at radius 2 is 0.797 bits per heavy atom. The Hall–Kier alpha value is -7.94. The Labute approximate surface area is 372 Å². The van der Waals surface area contributed by atoms with Crippen LogP contribution < -0.4 is 4.90 Å². The molecule has 0 bridgehead atoms. The van der Waals surface area contributed by atoms with Gasteiger partial charge in [-0.15, -0.1) is 0 Å². The van der Waals surface area contributed by atoms with Crippen LogP contribution in [0.2, 0.25) is 0 Å². The zero-order chi connectivity index (χ0) is 42.3. The van der Waals surface area contributed by atoms with E-state index in [4.69, 9.17) is 4.42 Å². The highest BCUT2D eigenvalue weighted by molar-refractivity contribution is 6.13. The molecule has 0 radical (unpaired) electrons. The summed E-state index contributed by atoms with van der Waals surface area (Å²) in [5, 5.41) is 4.60. The molecule has 300 valence electrons. The number of hydrogen-bond donors (Lipinski definition) is 0. The van der Waals surface area contributed by atoms with Crippen LogP contribution in [0.15, 0.2) is 217 Å². The second-order valence-corrected chi connectivity index (χ2v) is 18.4. The van der Waals surface area contributed by atoms with Gasteiger partial charge < -0.3 is 9.32 Å². The summed E-state index contributed by atoms with van der Waals surface area (Å²) >= 11 is 0. The first-order chi connectivity index (χ1) is 31.5. The lowest BCUT2D eigenvalue weighted by Gasteiger charge is -2.33. The van der Waals surface area contributed by atoms with E-state index in [9.17, 15) is 0 Å². The molecule has 11 aromatic rings. The van der Waals surface area contributed by atoms with Crippen LogP contribution in [-0.4, -0.2) is 0 Å². The lowest BCUT2D eigenvalue weighted by molar-refractivity contribution is 0.660. The van der Waals surface area contributed by atoms with Crippen molar-refractivity contribution in [3.05, 3.63) is 246 Å². The largest absolute Gasteiger partial charge is 0.456 e. The van der Waals surface area contributed by atoms with Crippen LogP contribution in [0.25, 0.3) is 77.2 Å². The number of anilines is 3. The molecule has 0 atom stereocenters. The lowest BCUT2D eigenvalue weighted by atomic mass is 9.70. The van der Waals surface area contributed by atoms with E-state index < -0.39 is 5.41 Å². The first-order valence-electron chi connectivity index (χ1n) is 22.4. The maximum atomic E-state index is 6.91. The summed E-state index contributed by atoms with van der Waals surface area (Å²) < 4.78 is 6.91. The Bertz CT molecular complexity index is 3710. The molecule has 1 aromatic heterocycles. The van der Waals surface area contributed by atoms with E-state index in [2.05, 4.69) is 231 Å². The zero-order valence-corrected chi connectivity index (χ0v) is 35.6. The van der Waals surface area contributed by atoms with Gasteiger partial charge >= 0.3 is 0 Å². The van der Waals surface area contributed by atoms with Gasteiger partial charge in [0.05, 0.1) is 11.1 Å². The third kappa shape index (κ3) is 4.64. The minimum absolute atomic E-state index is 0.179. The number of nitrogens with zero attached hydrogens (tertiary/aromatic N) is 1. The maximum absolute atomic E-state index is 6.91. The predicted octanol–water partition coefficient (Wildman–Crippen LogP) is 16.5. The molecular weight excluding hydrogens is 775 g/mol. The van der Waals surface area contributed by atoms with Crippen molar-refractivity contribution in [1.82, 2.24) is 0 Å². The highest BCUT2D eigenvalue weighted by Crippen LogP contribution is 2.63. The molecule has 64 heavy (non-hydrogen) atoms. The monoisotopic (exact) mass is 815 g/mol. The van der Waals surface area contributed by atoms with E-state index in [1.54, 1.807) is 0 Å². The second kappa shape index (κ2) is 12.8. The maximum Gasteiger partial charge on any atom is 0.137 e. The van der Waals surface area contributed by atoms with Gasteiger partial charge in [0.15, 0.2) is 0 Å². The smallest absolute Gasteiger partial charge is 0.137 e. The van der Waals surface area contributed by atoms with Crippen molar-refractivity contribution in [3.8, 4) is 44.5 Å². The third-order valence-corrected chi connectivity index (χ3v) is 14.8. The van der Waals surface area contributed by atoms with Gasteiger partial charge in [0.2, 0.25) is 0 Å². The number of rotatable bonds is 4. The molecule has 3 aliphatic carbocycles. The van der Waals surface area contributed by atoms with Gasteiger partial charge in [-0.2, -0.15) is 0 Å². The highest BCUT2D eigenvalue weighted by atomic mass is 16.3. The van der Waals surface area contributed by atoms with Crippen molar-refractivity contribution < 1.29 is 4.42 Å². The molecule has 0 aliphatic heterocycles. The minimum Gasteiger partial charge on any atom is -0.456 e. The van der Waals surface area contributed by atoms with Gasteiger partial charge in [0.25, 0.3) is 0 Å². The molecule has 2 heteroatoms. The molecule has 1 spiro atoms. The van der Waals surface area contributed by atoms with Crippen LogP contribution in [-0.2, 0) is 10.8 Å². The summed E-state index contributed by atoms with van der Waals surface area (Å²) in [4.78, 5) is 2.51. The summed E-state index contributed by atoms with van der Waals surface area (Å²) in [6.45, 7) is 4.74. The van der Waals surface area contributed by atoms with Crippen LogP contribution in [0.5, 0.6) is 0 Å². The van der Waals surface area contributed by atoms with Gasteiger partial charge in [0.1, 0.15) is 11.2 Å². The average Bonchev–Trinajstić information content (AvgIpc) is 4.02. The van der Waals surface area contributed by atoms with Crippen LogP contribution in [0.1, 0.15) is 47.2 Å². The summed E-state index contributed by atoms with van der Waals surface area (Å²) in [7, 11) is 0. The van der Waals surface area contributed by atoms with Gasteiger partial charge in [-0.05, 0) is 126 Å². The fraction of sp³-hybridized carbons (Fsp3) is 0.0645. The first-order valence-corrected chi connectivity index (χ1v) is 22.4. The molecule has 2 nitrogen and oxygen atoms in total. The summed E-state index contributed by atoms with van der Waals surface area (Å²) in [6.07, 6.45) is 0. The van der Waals surface area contributed by atoms with Crippen molar-refractivity contribution in [2.75, 3.05) is 4.90 Å². The molecule has 0 amide bonds. The molecule has 1 heterocycles. The number of hydrogen-bond acceptors (Lipinski definition) is 2. The summed E-state index contributed by atoms with van der Waals surface area (Å²) in [5.41, 5.74) is 22.5. The lowest BCUT2D eigenvalue weighted by Crippen LogP contribution is -2.26. The zero-order valence-electron chi connectivity index (χ0n) is 35.6. The molecule has 14 rings (SSSR count). The van der Waals surface area contributed by atoms with E-state index in [0.717, 1.165) is 50.1 Å². The Kier molecular flexibility index (Phi) is 7.13. The molecule has 10 aromatic carbocycles. The van der Waals surface area contributed by atoms with Gasteiger partial charge in [-0.25, -0.2) is 0 Å². The summed E-state index contributed by atoms with van der Waals surface area (Å²) in [6, 6.07) is 79.1. The number of benzene rings is 10. The Morgan fingerprint density at radius 3 is 1.42 bits per heavy atom. The highest BCUT2D eigenvalue weighted by Gasteiger charge is 2.51. The van der Waals surface area contributed by atoms with Gasteiger partial charge in [-0.3, -0.25) is 0 Å². The number of furan rings is 1. The molecule has 0 saturated heterocycles. The van der Waals surface area contributed by atoms with Crippen LogP contribution >= 0.6 is 0 Å². The molecular formula is C62H41NO. The normalized spacial score (nSPS) is 14.3. The molecule has 3 aliphatic rings. The molecule has 0 unspecified atom stereocenters. The fourth-order valence-corrected chi connectivity index (χ4v) is 12.0. The van der Waals surface area contributed by atoms with Crippen molar-refractivity contribution in [3.63, 3.8) is 0 Å². The van der Waals surface area contributed by atoms with Crippen LogP contribution in [0.3, 0.4) is 0 Å². The third-order valence-electron chi connectivity index (χ3n) is 14.8. The van der Waals surface area contributed by atoms with Crippen LogP contribution in [0.4, 0.5) is 17.1 Å². The van der Waals surface area contributed by atoms with Crippen molar-refractivity contribution in [2.24, 2.45) is 0 Å². The second-order valence-electron chi connectivity index (χ2n) is 18.4. The average molecular weight is 816 g/mol. The van der Waals surface area contributed by atoms with Gasteiger partial charge in [-0.1, -0.05) is 178 Å². The fourth-order valence-electron chi connectivity index (χ4n) is 12.0. The topological polar surface area (TPSA) is 16.4 Å². The molecule has 0 N–H and O–H groups in total. The minimum atomic E-state index is -0.477. The van der Waals surface area contributed by atoms with E-state index in [1.165, 1.54) is 77.5 Å². The molecule has 0 fully saturated rings. The standard InChI is InChI=1S/C62H41NO/c1-61(2)52-24-12-8-20-43(52)47-30-28-41(34-56(47)61)63(58-37-60-51(36-49(58)38-16-4-3-5-17-38)50-32-39-18-6-7-19-40(39)33-59(50)64-60)42-29-31-48-46-23-11-15-27-55(46)62(57(48)35-42)53-25-13-9-21-44(53)45-22-10-14-26-54(45)62/h3-37H,1-2H3. The van der Waals surface area contributed by atoms with Crippen molar-refractivity contribution in [2.45, 2.75) is 24.7 Å². The van der Waals surface area contributed by atoms with Crippen molar-refractivity contribution >= 4 is 49.8 Å². The van der Waals surface area contributed by atoms with E-state index in [-0.39, 0.29) is 5.41 Å². The van der Waals surface area contributed by atoms with Gasteiger partial charge in [0, 0.05) is 39.2 Å². The van der Waals surface area contributed by atoms with E-state index >= 15 is 0 Å². The summed E-state index contributed by atoms with van der Waals surface area (Å²) in [5.74, 6) is 0. The Morgan fingerprint density at radius 1 is 0.344 bits per heavy atom. The van der Waals surface area contributed by atoms with E-state index in [1.807, 2.05) is 0 Å². The van der Waals surface area contributed by atoms with E-state index in [0.29, 0.717) is 0 Å².